The Morgan fingerprint density at radius 2 is 1.55 bits per heavy atom. The molecule has 1 heterocycles. The Bertz CT molecular complexity index is 1240. The SMILES string of the molecule is CC(=O)c1ccc(N/N=C(/C(=O)Nc2ccccc2)C2=NC(C)(C)Cc3ccccc32)cc1. The molecule has 2 N–H and O–H groups in total. The van der Waals surface area contributed by atoms with Gasteiger partial charge in [0.05, 0.1) is 16.9 Å². The number of hydrogen-bond acceptors (Lipinski definition) is 5. The topological polar surface area (TPSA) is 82.9 Å². The van der Waals surface area contributed by atoms with Crippen molar-refractivity contribution in [1.29, 1.82) is 0 Å². The van der Waals surface area contributed by atoms with Crippen LogP contribution in [0.25, 0.3) is 0 Å². The Morgan fingerprint density at radius 3 is 2.24 bits per heavy atom. The van der Waals surface area contributed by atoms with Crippen LogP contribution in [0.5, 0.6) is 0 Å². The van der Waals surface area contributed by atoms with Gasteiger partial charge in [-0.25, -0.2) is 0 Å². The number of fused-ring (bicyclic) bond motifs is 1. The Hall–Kier alpha value is -4.06. The maximum Gasteiger partial charge on any atom is 0.278 e. The minimum absolute atomic E-state index is 0.0108. The van der Waals surface area contributed by atoms with E-state index in [1.54, 1.807) is 24.3 Å². The molecule has 6 heteroatoms. The Kier molecular flexibility index (Phi) is 6.18. The van der Waals surface area contributed by atoms with E-state index < -0.39 is 0 Å². The van der Waals surface area contributed by atoms with Gasteiger partial charge in [-0.05, 0) is 69.2 Å². The van der Waals surface area contributed by atoms with Crippen molar-refractivity contribution in [3.8, 4) is 0 Å². The van der Waals surface area contributed by atoms with Crippen LogP contribution in [0.15, 0.2) is 89.0 Å². The van der Waals surface area contributed by atoms with Crippen molar-refractivity contribution in [2.75, 3.05) is 10.7 Å². The quantitative estimate of drug-likeness (QED) is 0.318. The predicted molar refractivity (Wildman–Crippen MR) is 133 cm³/mol. The summed E-state index contributed by atoms with van der Waals surface area (Å²) in [5, 5.41) is 7.41. The van der Waals surface area contributed by atoms with Crippen LogP contribution in [-0.2, 0) is 11.2 Å². The van der Waals surface area contributed by atoms with Crippen molar-refractivity contribution in [2.24, 2.45) is 10.1 Å². The number of anilines is 2. The molecule has 0 unspecified atom stereocenters. The summed E-state index contributed by atoms with van der Waals surface area (Å²) >= 11 is 0. The minimum atomic E-state index is -0.374. The number of amides is 1. The maximum atomic E-state index is 13.4. The number of carbonyl (C=O) groups is 2. The fourth-order valence-electron chi connectivity index (χ4n) is 3.78. The Morgan fingerprint density at radius 1 is 0.879 bits per heavy atom. The second-order valence-corrected chi connectivity index (χ2v) is 8.63. The highest BCUT2D eigenvalue weighted by Gasteiger charge is 2.31. The molecule has 1 aliphatic heterocycles. The molecule has 0 spiro atoms. The number of para-hydroxylation sites is 1. The van der Waals surface area contributed by atoms with Gasteiger partial charge in [0.1, 0.15) is 0 Å². The van der Waals surface area contributed by atoms with E-state index in [1.165, 1.54) is 6.92 Å². The van der Waals surface area contributed by atoms with E-state index in [0.717, 1.165) is 17.5 Å². The lowest BCUT2D eigenvalue weighted by molar-refractivity contribution is -0.110. The van der Waals surface area contributed by atoms with E-state index in [4.69, 9.17) is 4.99 Å². The van der Waals surface area contributed by atoms with Gasteiger partial charge in [-0.1, -0.05) is 42.5 Å². The average Bonchev–Trinajstić information content (AvgIpc) is 2.79. The van der Waals surface area contributed by atoms with Crippen LogP contribution in [0.4, 0.5) is 11.4 Å². The predicted octanol–water partition coefficient (Wildman–Crippen LogP) is 5.12. The van der Waals surface area contributed by atoms with E-state index in [9.17, 15) is 9.59 Å². The van der Waals surface area contributed by atoms with Crippen LogP contribution in [0, 0.1) is 0 Å². The molecule has 166 valence electrons. The van der Waals surface area contributed by atoms with Crippen LogP contribution in [0.1, 0.15) is 42.3 Å². The summed E-state index contributed by atoms with van der Waals surface area (Å²) in [5.41, 5.74) is 7.29. The zero-order valence-electron chi connectivity index (χ0n) is 18.9. The van der Waals surface area contributed by atoms with Gasteiger partial charge in [0, 0.05) is 16.8 Å². The van der Waals surface area contributed by atoms with Crippen molar-refractivity contribution in [2.45, 2.75) is 32.7 Å². The summed E-state index contributed by atoms with van der Waals surface area (Å²) in [4.78, 5) is 29.9. The molecule has 3 aromatic rings. The third-order valence-electron chi connectivity index (χ3n) is 5.37. The molecule has 0 bridgehead atoms. The Labute approximate surface area is 193 Å². The highest BCUT2D eigenvalue weighted by atomic mass is 16.2. The van der Waals surface area contributed by atoms with Gasteiger partial charge in [-0.3, -0.25) is 20.0 Å². The van der Waals surface area contributed by atoms with Crippen molar-refractivity contribution >= 4 is 34.5 Å². The third kappa shape index (κ3) is 5.23. The molecule has 33 heavy (non-hydrogen) atoms. The van der Waals surface area contributed by atoms with Gasteiger partial charge in [-0.15, -0.1) is 0 Å². The molecule has 4 rings (SSSR count). The lowest BCUT2D eigenvalue weighted by atomic mass is 9.85. The van der Waals surface area contributed by atoms with E-state index >= 15 is 0 Å². The molecule has 6 nitrogen and oxygen atoms in total. The van der Waals surface area contributed by atoms with Crippen LogP contribution in [-0.4, -0.2) is 28.7 Å². The van der Waals surface area contributed by atoms with Gasteiger partial charge in [0.2, 0.25) is 0 Å². The summed E-state index contributed by atoms with van der Waals surface area (Å²) < 4.78 is 0. The number of hydrazone groups is 1. The molecule has 0 aromatic heterocycles. The van der Waals surface area contributed by atoms with Crippen LogP contribution in [0.3, 0.4) is 0 Å². The third-order valence-corrected chi connectivity index (χ3v) is 5.37. The summed E-state index contributed by atoms with van der Waals surface area (Å²) in [5.74, 6) is -0.372. The van der Waals surface area contributed by atoms with E-state index in [2.05, 4.69) is 21.9 Å². The molecule has 3 aromatic carbocycles. The lowest BCUT2D eigenvalue weighted by Gasteiger charge is -2.29. The number of hydrogen-bond donors (Lipinski definition) is 2. The number of ketones is 1. The summed E-state index contributed by atoms with van der Waals surface area (Å²) in [7, 11) is 0. The first kappa shape index (κ1) is 22.1. The van der Waals surface area contributed by atoms with Gasteiger partial charge >= 0.3 is 0 Å². The van der Waals surface area contributed by atoms with Crippen molar-refractivity contribution in [3.05, 3.63) is 95.6 Å². The molecule has 0 atom stereocenters. The van der Waals surface area contributed by atoms with Crippen molar-refractivity contribution in [3.63, 3.8) is 0 Å². The smallest absolute Gasteiger partial charge is 0.278 e. The first-order valence-corrected chi connectivity index (χ1v) is 10.8. The zero-order valence-corrected chi connectivity index (χ0v) is 18.9. The number of nitrogens with one attached hydrogen (secondary N) is 2. The number of Topliss-reactive ketones (excluding diaryl/α,β-unsaturated/α-hetero) is 1. The normalized spacial score (nSPS) is 14.6. The second-order valence-electron chi connectivity index (χ2n) is 8.63. The maximum absolute atomic E-state index is 13.4. The number of carbonyl (C=O) groups excluding carboxylic acids is 2. The molecule has 0 fully saturated rings. The summed E-state index contributed by atoms with van der Waals surface area (Å²) in [6, 6.07) is 24.2. The minimum Gasteiger partial charge on any atom is -0.321 e. The fourth-order valence-corrected chi connectivity index (χ4v) is 3.78. The van der Waals surface area contributed by atoms with Gasteiger partial charge < -0.3 is 5.32 Å². The summed E-state index contributed by atoms with van der Waals surface area (Å²) in [6.07, 6.45) is 0.778. The average molecular weight is 439 g/mol. The number of benzene rings is 3. The van der Waals surface area contributed by atoms with Crippen LogP contribution < -0.4 is 10.7 Å². The van der Waals surface area contributed by atoms with Gasteiger partial charge in [0.25, 0.3) is 5.91 Å². The number of nitrogens with zero attached hydrogens (tertiary/aromatic N) is 2. The Balaban J connectivity index is 1.74. The largest absolute Gasteiger partial charge is 0.321 e. The molecule has 0 saturated heterocycles. The first-order valence-electron chi connectivity index (χ1n) is 10.8. The second kappa shape index (κ2) is 9.20. The number of aliphatic imine (C=N–C) groups is 1. The van der Waals surface area contributed by atoms with E-state index in [0.29, 0.717) is 22.6 Å². The van der Waals surface area contributed by atoms with Crippen molar-refractivity contribution in [1.82, 2.24) is 0 Å². The zero-order chi connectivity index (χ0) is 23.4. The molecule has 0 radical (unpaired) electrons. The van der Waals surface area contributed by atoms with Crippen LogP contribution >= 0.6 is 0 Å². The first-order chi connectivity index (χ1) is 15.8. The van der Waals surface area contributed by atoms with E-state index in [-0.39, 0.29) is 22.9 Å². The van der Waals surface area contributed by atoms with E-state index in [1.807, 2.05) is 62.4 Å². The molecular formula is C27H26N4O2. The van der Waals surface area contributed by atoms with Gasteiger partial charge in [-0.2, -0.15) is 5.10 Å². The van der Waals surface area contributed by atoms with Crippen LogP contribution in [0.2, 0.25) is 0 Å². The number of rotatable bonds is 6. The van der Waals surface area contributed by atoms with Gasteiger partial charge in [0.15, 0.2) is 11.5 Å². The fraction of sp³-hybridized carbons (Fsp3) is 0.185. The lowest BCUT2D eigenvalue weighted by Crippen LogP contribution is -2.38. The highest BCUT2D eigenvalue weighted by Crippen LogP contribution is 2.27. The van der Waals surface area contributed by atoms with Crippen molar-refractivity contribution < 1.29 is 9.59 Å². The summed E-state index contributed by atoms with van der Waals surface area (Å²) in [6.45, 7) is 5.61. The highest BCUT2D eigenvalue weighted by molar-refractivity contribution is 6.72. The molecular weight excluding hydrogens is 412 g/mol. The monoisotopic (exact) mass is 438 g/mol. The molecule has 1 amide bonds. The molecule has 1 aliphatic rings. The molecule has 0 aliphatic carbocycles. The molecule has 0 saturated carbocycles. The standard InChI is InChI=1S/C27H26N4O2/c1-18(32)19-13-15-22(16-14-19)30-31-25(26(33)28-21-10-5-4-6-11-21)24-23-12-8-7-9-20(23)17-27(2,3)29-24/h4-16,30H,17H2,1-3H3,(H,28,33)/b31-25+.